The number of phosphoric ester groups is 2. The van der Waals surface area contributed by atoms with Crippen LogP contribution in [0.25, 0.3) is 0 Å². The van der Waals surface area contributed by atoms with Crippen LogP contribution in [0.4, 0.5) is 0 Å². The van der Waals surface area contributed by atoms with Gasteiger partial charge in [-0.05, 0) is 89.9 Å². The number of allylic oxidation sites excluding steroid dienone is 15. The highest BCUT2D eigenvalue weighted by atomic mass is 31.2. The van der Waals surface area contributed by atoms with Gasteiger partial charge < -0.3 is 33.8 Å². The Morgan fingerprint density at radius 3 is 0.929 bits per heavy atom. The minimum Gasteiger partial charge on any atom is -0.462 e. The SMILES string of the molecule is CC/C=C\C/C=C\C/C=C\C/C=C\C/C=C\CC(=O)OCC(COP(=O)(O)OCC(O)COP(=O)(O)OCC(COC(=O)CCCCCCCC/C=C\C/C=C\C/C=C\CCCCC)OC(=O)CCCCCCCCCCCCC)OC(=O)CCCCCCCCCCCCCCC. The van der Waals surface area contributed by atoms with E-state index in [-0.39, 0.29) is 25.7 Å². The van der Waals surface area contributed by atoms with Gasteiger partial charge in [-0.2, -0.15) is 0 Å². The van der Waals surface area contributed by atoms with E-state index in [4.69, 9.17) is 37.0 Å². The summed E-state index contributed by atoms with van der Waals surface area (Å²) >= 11 is 0. The molecule has 5 unspecified atom stereocenters. The third kappa shape index (κ3) is 70.4. The molecule has 0 saturated carbocycles. The molecule has 0 fully saturated rings. The third-order valence-electron chi connectivity index (χ3n) is 16.1. The van der Waals surface area contributed by atoms with Crippen LogP contribution < -0.4 is 0 Å². The van der Waals surface area contributed by atoms with Crippen LogP contribution in [0.5, 0.6) is 0 Å². The number of rotatable bonds is 72. The fourth-order valence-corrected chi connectivity index (χ4v) is 11.8. The van der Waals surface area contributed by atoms with Crippen LogP contribution in [-0.4, -0.2) is 96.7 Å². The first-order valence-corrected chi connectivity index (χ1v) is 41.5. The van der Waals surface area contributed by atoms with E-state index >= 15 is 0 Å². The average Bonchev–Trinajstić information content (AvgIpc) is 0.983. The van der Waals surface area contributed by atoms with E-state index in [0.29, 0.717) is 25.7 Å². The van der Waals surface area contributed by atoms with Crippen molar-refractivity contribution in [3.63, 3.8) is 0 Å². The van der Waals surface area contributed by atoms with Gasteiger partial charge in [0.2, 0.25) is 0 Å². The lowest BCUT2D eigenvalue weighted by atomic mass is 10.0. The molecule has 0 spiro atoms. The molecule has 0 saturated heterocycles. The molecule has 0 amide bonds. The molecule has 0 bridgehead atoms. The molecule has 0 radical (unpaired) electrons. The highest BCUT2D eigenvalue weighted by Crippen LogP contribution is 2.45. The number of esters is 4. The van der Waals surface area contributed by atoms with Crippen molar-refractivity contribution in [1.29, 1.82) is 0 Å². The Kier molecular flexibility index (Phi) is 68.4. The summed E-state index contributed by atoms with van der Waals surface area (Å²) in [6.07, 6.45) is 74.3. The number of carbonyl (C=O) groups is 4. The summed E-state index contributed by atoms with van der Waals surface area (Å²) in [5.74, 6) is -2.32. The Morgan fingerprint density at radius 1 is 0.306 bits per heavy atom. The number of unbranched alkanes of at least 4 members (excludes halogenated alkanes) is 31. The number of aliphatic hydroxyl groups is 1. The molecule has 0 heterocycles. The van der Waals surface area contributed by atoms with Gasteiger partial charge in [0.15, 0.2) is 12.2 Å². The molecular weight excluding hydrogens is 1280 g/mol. The second-order valence-electron chi connectivity index (χ2n) is 25.6. The van der Waals surface area contributed by atoms with Crippen molar-refractivity contribution in [2.45, 2.75) is 341 Å². The average molecular weight is 1420 g/mol. The first-order valence-electron chi connectivity index (χ1n) is 38.5. The van der Waals surface area contributed by atoms with Crippen LogP contribution in [0, 0.1) is 0 Å². The summed E-state index contributed by atoms with van der Waals surface area (Å²) in [4.78, 5) is 72.7. The van der Waals surface area contributed by atoms with Crippen molar-refractivity contribution in [3.8, 4) is 0 Å². The van der Waals surface area contributed by atoms with Gasteiger partial charge in [0, 0.05) is 19.3 Å². The summed E-state index contributed by atoms with van der Waals surface area (Å²) in [6.45, 7) is 4.62. The topological polar surface area (TPSA) is 237 Å². The van der Waals surface area contributed by atoms with Crippen LogP contribution in [0.2, 0.25) is 0 Å². The highest BCUT2D eigenvalue weighted by Gasteiger charge is 2.30. The Hall–Kier alpha value is -4.02. The predicted octanol–water partition coefficient (Wildman–Crippen LogP) is 22.0. The first kappa shape index (κ1) is 94.0. The summed E-state index contributed by atoms with van der Waals surface area (Å²) in [5, 5.41) is 10.6. The maximum Gasteiger partial charge on any atom is 0.472 e. The van der Waals surface area contributed by atoms with E-state index < -0.39 is 97.5 Å². The molecule has 3 N–H and O–H groups in total. The lowest BCUT2D eigenvalue weighted by molar-refractivity contribution is -0.161. The standard InChI is InChI=1S/C79H138O17P2/c1-5-9-13-17-21-25-29-32-34-35-36-37-39-42-45-48-52-56-60-64-77(82)89-69-74(95-78(83)65-61-57-53-49-43-28-24-20-16-12-8-4)71-93-97(85,86)91-67-73(80)68-92-98(87,88)94-72-75(96-79(84)66-62-58-54-50-46-40-31-27-23-19-15-11-7-3)70-90-76(81)63-59-55-51-47-44-41-38-33-30-26-22-18-14-10-6-2/h10,14,21-22,25-26,32-34,36-38,44,47,55,59,73-75,80H,5-9,11-13,15-20,23-24,27-31,35,39-43,45-46,48-54,56-58,60-72H2,1-4H3,(H,85,86)(H,87,88)/b14-10-,25-21-,26-22-,34-32-,37-36-,38-33-,47-44-,59-55-. The molecular formula is C79H138O17P2. The zero-order valence-electron chi connectivity index (χ0n) is 61.7. The zero-order chi connectivity index (χ0) is 71.8. The van der Waals surface area contributed by atoms with E-state index in [1.807, 2.05) is 18.2 Å². The smallest absolute Gasteiger partial charge is 0.462 e. The lowest BCUT2D eigenvalue weighted by Gasteiger charge is -2.21. The molecule has 0 aliphatic carbocycles. The van der Waals surface area contributed by atoms with Crippen molar-refractivity contribution in [2.75, 3.05) is 39.6 Å². The highest BCUT2D eigenvalue weighted by molar-refractivity contribution is 7.47. The molecule has 0 aromatic heterocycles. The van der Waals surface area contributed by atoms with Crippen LogP contribution >= 0.6 is 15.6 Å². The Balaban J connectivity index is 5.35. The minimum absolute atomic E-state index is 0.0683. The molecule has 566 valence electrons. The van der Waals surface area contributed by atoms with Crippen LogP contribution in [0.3, 0.4) is 0 Å². The maximum atomic E-state index is 13.1. The number of carbonyl (C=O) groups excluding carboxylic acids is 4. The van der Waals surface area contributed by atoms with Gasteiger partial charge in [0.25, 0.3) is 0 Å². The van der Waals surface area contributed by atoms with Crippen molar-refractivity contribution in [1.82, 2.24) is 0 Å². The number of hydrogen-bond donors (Lipinski definition) is 3. The first-order chi connectivity index (χ1) is 47.7. The van der Waals surface area contributed by atoms with Gasteiger partial charge in [-0.1, -0.05) is 305 Å². The molecule has 0 aromatic carbocycles. The number of aliphatic hydroxyl groups excluding tert-OH is 1. The molecule has 19 heteroatoms. The van der Waals surface area contributed by atoms with E-state index in [1.165, 1.54) is 109 Å². The van der Waals surface area contributed by atoms with Crippen molar-refractivity contribution in [3.05, 3.63) is 97.2 Å². The Labute approximate surface area is 595 Å². The van der Waals surface area contributed by atoms with Gasteiger partial charge in [-0.3, -0.25) is 37.3 Å². The number of hydrogen-bond acceptors (Lipinski definition) is 15. The van der Waals surface area contributed by atoms with E-state index in [9.17, 15) is 43.2 Å². The molecule has 98 heavy (non-hydrogen) atoms. The Bertz CT molecular complexity index is 2240. The summed E-state index contributed by atoms with van der Waals surface area (Å²) < 4.78 is 68.3. The van der Waals surface area contributed by atoms with Crippen LogP contribution in [-0.2, 0) is 65.4 Å². The second kappa shape index (κ2) is 71.4. The molecule has 5 atom stereocenters. The fraction of sp³-hybridized carbons (Fsp3) is 0.747. The van der Waals surface area contributed by atoms with Gasteiger partial charge in [0.1, 0.15) is 19.3 Å². The van der Waals surface area contributed by atoms with Crippen LogP contribution in [0.1, 0.15) is 323 Å². The summed E-state index contributed by atoms with van der Waals surface area (Å²) in [5.41, 5.74) is 0. The van der Waals surface area contributed by atoms with Gasteiger partial charge >= 0.3 is 39.5 Å². The van der Waals surface area contributed by atoms with Crippen molar-refractivity contribution < 1.29 is 80.2 Å². The Morgan fingerprint density at radius 2 is 0.571 bits per heavy atom. The number of ether oxygens (including phenoxy) is 4. The lowest BCUT2D eigenvalue weighted by Crippen LogP contribution is -2.30. The largest absolute Gasteiger partial charge is 0.472 e. The molecule has 17 nitrogen and oxygen atoms in total. The van der Waals surface area contributed by atoms with Gasteiger partial charge in [-0.25, -0.2) is 9.13 Å². The maximum absolute atomic E-state index is 13.1. The van der Waals surface area contributed by atoms with E-state index in [2.05, 4.69) is 101 Å². The minimum atomic E-state index is -4.99. The second-order valence-corrected chi connectivity index (χ2v) is 28.5. The fourth-order valence-electron chi connectivity index (χ4n) is 10.2. The van der Waals surface area contributed by atoms with Gasteiger partial charge in [0.05, 0.1) is 32.8 Å². The van der Waals surface area contributed by atoms with Gasteiger partial charge in [-0.15, -0.1) is 0 Å². The zero-order valence-corrected chi connectivity index (χ0v) is 63.5. The van der Waals surface area contributed by atoms with Crippen LogP contribution in [0.15, 0.2) is 97.2 Å². The monoisotopic (exact) mass is 1420 g/mol. The van der Waals surface area contributed by atoms with E-state index in [1.54, 1.807) is 6.08 Å². The normalized spacial score (nSPS) is 14.5. The number of phosphoric acid groups is 2. The third-order valence-corrected chi connectivity index (χ3v) is 18.0. The van der Waals surface area contributed by atoms with Crippen molar-refractivity contribution >= 4 is 39.5 Å². The van der Waals surface area contributed by atoms with Crippen molar-refractivity contribution in [2.24, 2.45) is 0 Å². The quantitative estimate of drug-likeness (QED) is 0.0169. The summed E-state index contributed by atoms with van der Waals surface area (Å²) in [7, 11) is -9.96. The van der Waals surface area contributed by atoms with E-state index in [0.717, 1.165) is 135 Å². The molecule has 0 rings (SSSR count). The molecule has 0 aliphatic heterocycles. The predicted molar refractivity (Wildman–Crippen MR) is 399 cm³/mol. The molecule has 0 aliphatic rings. The molecule has 0 aromatic rings. The summed E-state index contributed by atoms with van der Waals surface area (Å²) in [6, 6.07) is 0.